The minimum absolute atomic E-state index is 0.0151. The number of aromatic nitrogens is 2. The molecule has 1 aliphatic heterocycles. The van der Waals surface area contributed by atoms with Crippen LogP contribution in [0.3, 0.4) is 0 Å². The zero-order valence-electron chi connectivity index (χ0n) is 16.1. The highest BCUT2D eigenvalue weighted by molar-refractivity contribution is 7.98. The fraction of sp³-hybridized carbons (Fsp3) is 0.167. The lowest BCUT2D eigenvalue weighted by Crippen LogP contribution is -2.40. The van der Waals surface area contributed by atoms with E-state index in [4.69, 9.17) is 0 Å². The van der Waals surface area contributed by atoms with Gasteiger partial charge in [0.2, 0.25) is 0 Å². The lowest BCUT2D eigenvalue weighted by Gasteiger charge is -2.36. The van der Waals surface area contributed by atoms with Gasteiger partial charge in [0.05, 0.1) is 11.6 Å². The number of amides is 1. The third-order valence-corrected chi connectivity index (χ3v) is 6.38. The standard InChI is InChI=1S/C24H21N3OS/c1-29-18-10-8-16(9-11-18)23-22-20(19-6-2-3-7-21(19)26-22)12-14-27(23)24(28)17-5-4-13-25-15-17/h2-11,13,15,23,26H,12,14H2,1H3. The molecule has 1 unspecified atom stereocenters. The van der Waals surface area contributed by atoms with Crippen molar-refractivity contribution in [3.8, 4) is 0 Å². The third-order valence-electron chi connectivity index (χ3n) is 5.64. The molecule has 0 spiro atoms. The fourth-order valence-electron chi connectivity index (χ4n) is 4.25. The average Bonchev–Trinajstić information content (AvgIpc) is 3.17. The van der Waals surface area contributed by atoms with E-state index in [1.807, 2.05) is 23.1 Å². The molecule has 5 heteroatoms. The number of thioether (sulfide) groups is 1. The molecule has 4 aromatic rings. The molecule has 2 aromatic carbocycles. The molecule has 1 atom stereocenters. The third kappa shape index (κ3) is 3.12. The van der Waals surface area contributed by atoms with Gasteiger partial charge in [-0.1, -0.05) is 30.3 Å². The fourth-order valence-corrected chi connectivity index (χ4v) is 4.66. The number of aromatic amines is 1. The van der Waals surface area contributed by atoms with Crippen molar-refractivity contribution in [3.05, 3.63) is 95.4 Å². The number of hydrogen-bond acceptors (Lipinski definition) is 3. The van der Waals surface area contributed by atoms with Gasteiger partial charge in [-0.3, -0.25) is 9.78 Å². The van der Waals surface area contributed by atoms with E-state index in [-0.39, 0.29) is 11.9 Å². The lowest BCUT2D eigenvalue weighted by atomic mass is 9.92. The molecular weight excluding hydrogens is 378 g/mol. The van der Waals surface area contributed by atoms with E-state index in [9.17, 15) is 4.79 Å². The van der Waals surface area contributed by atoms with Gasteiger partial charge in [0.15, 0.2) is 0 Å². The van der Waals surface area contributed by atoms with Crippen LogP contribution in [0.15, 0.2) is 78.0 Å². The molecule has 0 fully saturated rings. The van der Waals surface area contributed by atoms with Gasteiger partial charge in [0.25, 0.3) is 5.91 Å². The van der Waals surface area contributed by atoms with Gasteiger partial charge in [0.1, 0.15) is 0 Å². The van der Waals surface area contributed by atoms with Crippen LogP contribution >= 0.6 is 11.8 Å². The number of hydrogen-bond donors (Lipinski definition) is 1. The summed E-state index contributed by atoms with van der Waals surface area (Å²) in [6.45, 7) is 0.678. The number of para-hydroxylation sites is 1. The first-order valence-electron chi connectivity index (χ1n) is 9.70. The molecule has 0 saturated heterocycles. The summed E-state index contributed by atoms with van der Waals surface area (Å²) in [5, 5.41) is 1.25. The molecule has 5 rings (SSSR count). The summed E-state index contributed by atoms with van der Waals surface area (Å²) < 4.78 is 0. The summed E-state index contributed by atoms with van der Waals surface area (Å²) in [4.78, 5) is 24.3. The second kappa shape index (κ2) is 7.41. The van der Waals surface area contributed by atoms with Crippen LogP contribution in [0.25, 0.3) is 10.9 Å². The maximum atomic E-state index is 13.4. The van der Waals surface area contributed by atoms with Gasteiger partial charge in [0, 0.05) is 40.4 Å². The van der Waals surface area contributed by atoms with Crippen molar-refractivity contribution in [3.63, 3.8) is 0 Å². The average molecular weight is 400 g/mol. The summed E-state index contributed by atoms with van der Waals surface area (Å²) in [6.07, 6.45) is 6.26. The summed E-state index contributed by atoms with van der Waals surface area (Å²) in [5.74, 6) is 0.0151. The van der Waals surface area contributed by atoms with E-state index >= 15 is 0 Å². The number of H-pyrrole nitrogens is 1. The van der Waals surface area contributed by atoms with Crippen LogP contribution < -0.4 is 0 Å². The maximum Gasteiger partial charge on any atom is 0.256 e. The van der Waals surface area contributed by atoms with E-state index in [1.54, 1.807) is 24.2 Å². The van der Waals surface area contributed by atoms with Gasteiger partial charge in [-0.25, -0.2) is 0 Å². The van der Waals surface area contributed by atoms with Crippen LogP contribution in [0.5, 0.6) is 0 Å². The van der Waals surface area contributed by atoms with Crippen molar-refractivity contribution >= 4 is 28.6 Å². The normalized spacial score (nSPS) is 16.0. The van der Waals surface area contributed by atoms with Crippen molar-refractivity contribution < 1.29 is 4.79 Å². The van der Waals surface area contributed by atoms with E-state index in [0.29, 0.717) is 12.1 Å². The predicted octanol–water partition coefficient (Wildman–Crippen LogP) is 5.07. The lowest BCUT2D eigenvalue weighted by molar-refractivity contribution is 0.0691. The Morgan fingerprint density at radius 1 is 1.10 bits per heavy atom. The number of fused-ring (bicyclic) bond motifs is 3. The van der Waals surface area contributed by atoms with Gasteiger partial charge in [-0.15, -0.1) is 11.8 Å². The van der Waals surface area contributed by atoms with Gasteiger partial charge in [-0.05, 0) is 54.1 Å². The molecule has 2 aromatic heterocycles. The van der Waals surface area contributed by atoms with Crippen LogP contribution in [0.4, 0.5) is 0 Å². The molecule has 0 saturated carbocycles. The predicted molar refractivity (Wildman–Crippen MR) is 117 cm³/mol. The first-order valence-corrected chi connectivity index (χ1v) is 10.9. The Balaban J connectivity index is 1.65. The number of benzene rings is 2. The molecule has 29 heavy (non-hydrogen) atoms. The summed E-state index contributed by atoms with van der Waals surface area (Å²) in [5.41, 5.74) is 5.30. The highest BCUT2D eigenvalue weighted by Gasteiger charge is 2.34. The van der Waals surface area contributed by atoms with E-state index in [1.165, 1.54) is 15.8 Å². The summed E-state index contributed by atoms with van der Waals surface area (Å²) in [7, 11) is 0. The molecule has 0 bridgehead atoms. The van der Waals surface area contributed by atoms with Gasteiger partial charge < -0.3 is 9.88 Å². The molecule has 144 valence electrons. The van der Waals surface area contributed by atoms with Crippen LogP contribution in [-0.2, 0) is 6.42 Å². The maximum absolute atomic E-state index is 13.4. The molecule has 1 N–H and O–H groups in total. The monoisotopic (exact) mass is 399 g/mol. The molecular formula is C24H21N3OS. The topological polar surface area (TPSA) is 49.0 Å². The second-order valence-corrected chi connectivity index (χ2v) is 8.11. The Morgan fingerprint density at radius 3 is 2.69 bits per heavy atom. The van der Waals surface area contributed by atoms with E-state index in [2.05, 4.69) is 58.7 Å². The first kappa shape index (κ1) is 18.0. The van der Waals surface area contributed by atoms with E-state index in [0.717, 1.165) is 23.2 Å². The van der Waals surface area contributed by atoms with Crippen molar-refractivity contribution in [1.82, 2.24) is 14.9 Å². The van der Waals surface area contributed by atoms with Gasteiger partial charge in [-0.2, -0.15) is 0 Å². The number of carbonyl (C=O) groups is 1. The Morgan fingerprint density at radius 2 is 1.93 bits per heavy atom. The van der Waals surface area contributed by atoms with Crippen molar-refractivity contribution in [2.24, 2.45) is 0 Å². The Kier molecular flexibility index (Phi) is 4.60. The van der Waals surface area contributed by atoms with Crippen LogP contribution in [0, 0.1) is 0 Å². The Hall–Kier alpha value is -3.05. The molecule has 0 radical (unpaired) electrons. The molecule has 1 aliphatic rings. The SMILES string of the molecule is CSc1ccc(C2c3[nH]c4ccccc4c3CCN2C(=O)c2cccnc2)cc1. The first-order chi connectivity index (χ1) is 14.3. The van der Waals surface area contributed by atoms with Crippen molar-refractivity contribution in [1.29, 1.82) is 0 Å². The highest BCUT2D eigenvalue weighted by Crippen LogP contribution is 2.39. The Labute approximate surface area is 174 Å². The molecule has 4 nitrogen and oxygen atoms in total. The van der Waals surface area contributed by atoms with Crippen molar-refractivity contribution in [2.75, 3.05) is 12.8 Å². The summed E-state index contributed by atoms with van der Waals surface area (Å²) >= 11 is 1.72. The van der Waals surface area contributed by atoms with Crippen molar-refractivity contribution in [2.45, 2.75) is 17.4 Å². The zero-order valence-corrected chi connectivity index (χ0v) is 16.9. The molecule has 0 aliphatic carbocycles. The van der Waals surface area contributed by atoms with E-state index < -0.39 is 0 Å². The Bertz CT molecular complexity index is 1170. The smallest absolute Gasteiger partial charge is 0.256 e. The summed E-state index contributed by atoms with van der Waals surface area (Å²) in [6, 6.07) is 20.4. The zero-order chi connectivity index (χ0) is 19.8. The van der Waals surface area contributed by atoms with Gasteiger partial charge >= 0.3 is 0 Å². The minimum Gasteiger partial charge on any atom is -0.356 e. The number of pyridine rings is 1. The number of carbonyl (C=O) groups excluding carboxylic acids is 1. The number of rotatable bonds is 3. The molecule has 1 amide bonds. The number of nitrogens with zero attached hydrogens (tertiary/aromatic N) is 2. The second-order valence-electron chi connectivity index (χ2n) is 7.23. The largest absolute Gasteiger partial charge is 0.356 e. The van der Waals surface area contributed by atoms with Crippen LogP contribution in [0.1, 0.15) is 33.2 Å². The molecule has 3 heterocycles. The quantitative estimate of drug-likeness (QED) is 0.489. The minimum atomic E-state index is -0.144. The number of nitrogens with one attached hydrogen (secondary N) is 1. The van der Waals surface area contributed by atoms with Crippen LogP contribution in [-0.4, -0.2) is 33.6 Å². The highest BCUT2D eigenvalue weighted by atomic mass is 32.2. The van der Waals surface area contributed by atoms with Crippen LogP contribution in [0.2, 0.25) is 0 Å².